The number of nitrogens with zero attached hydrogens (tertiary/aromatic N) is 6. The molecule has 0 bridgehead atoms. The van der Waals surface area contributed by atoms with Crippen molar-refractivity contribution in [1.82, 2.24) is 24.8 Å². The first-order valence-corrected chi connectivity index (χ1v) is 9.84. The van der Waals surface area contributed by atoms with Gasteiger partial charge in [0.1, 0.15) is 0 Å². The summed E-state index contributed by atoms with van der Waals surface area (Å²) in [4.78, 5) is 17.9. The molecule has 2 aromatic heterocycles. The summed E-state index contributed by atoms with van der Waals surface area (Å²) >= 11 is 0. The molecule has 2 fully saturated rings. The van der Waals surface area contributed by atoms with Gasteiger partial charge in [-0.3, -0.25) is 4.68 Å². The number of hydrogen-bond acceptors (Lipinski definition) is 8. The molecule has 30 heavy (non-hydrogen) atoms. The molecule has 2 saturated heterocycles. The Morgan fingerprint density at radius 2 is 2.10 bits per heavy atom. The number of nitriles is 1. The number of benzene rings is 1. The Morgan fingerprint density at radius 3 is 2.77 bits per heavy atom. The molecule has 1 aromatic carbocycles. The Labute approximate surface area is 172 Å². The number of fused-ring (bicyclic) bond motifs is 1. The Bertz CT molecular complexity index is 1130. The number of piperidine rings is 1. The molecule has 2 aliphatic rings. The van der Waals surface area contributed by atoms with E-state index in [-0.39, 0.29) is 18.1 Å². The Morgan fingerprint density at radius 1 is 1.30 bits per heavy atom. The summed E-state index contributed by atoms with van der Waals surface area (Å²) in [5.41, 5.74) is 2.05. The summed E-state index contributed by atoms with van der Waals surface area (Å²) in [5.74, 6) is 1.10. The van der Waals surface area contributed by atoms with Crippen molar-refractivity contribution < 1.29 is 18.8 Å². The van der Waals surface area contributed by atoms with Gasteiger partial charge in [-0.25, -0.2) is 4.79 Å². The van der Waals surface area contributed by atoms with Crippen molar-refractivity contribution in [2.45, 2.75) is 24.8 Å². The van der Waals surface area contributed by atoms with Crippen LogP contribution >= 0.6 is 0 Å². The molecule has 5 rings (SSSR count). The van der Waals surface area contributed by atoms with Crippen LogP contribution in [0, 0.1) is 11.3 Å². The number of amides is 1. The Kier molecular flexibility index (Phi) is 4.59. The molecule has 0 unspecified atom stereocenters. The van der Waals surface area contributed by atoms with Crippen molar-refractivity contribution >= 4 is 17.0 Å². The second kappa shape index (κ2) is 7.42. The molecule has 10 nitrogen and oxygen atoms in total. The van der Waals surface area contributed by atoms with E-state index in [2.05, 4.69) is 21.3 Å². The van der Waals surface area contributed by atoms with Gasteiger partial charge in [0.2, 0.25) is 0 Å². The highest BCUT2D eigenvalue weighted by Crippen LogP contribution is 2.32. The number of aromatic nitrogens is 4. The van der Waals surface area contributed by atoms with Crippen LogP contribution < -0.4 is 0 Å². The van der Waals surface area contributed by atoms with Crippen LogP contribution in [-0.2, 0) is 9.47 Å². The van der Waals surface area contributed by atoms with Crippen LogP contribution in [0.15, 0.2) is 22.9 Å². The fourth-order valence-corrected chi connectivity index (χ4v) is 3.98. The van der Waals surface area contributed by atoms with Crippen molar-refractivity contribution in [2.75, 3.05) is 33.4 Å². The quantitative estimate of drug-likeness (QED) is 0.648. The predicted octanol–water partition coefficient (Wildman–Crippen LogP) is 2.48. The van der Waals surface area contributed by atoms with Gasteiger partial charge in [0.25, 0.3) is 5.89 Å². The molecule has 0 aliphatic carbocycles. The van der Waals surface area contributed by atoms with Gasteiger partial charge >= 0.3 is 6.09 Å². The van der Waals surface area contributed by atoms with E-state index in [1.165, 1.54) is 7.11 Å². The third kappa shape index (κ3) is 3.07. The average molecular weight is 408 g/mol. The molecule has 0 atom stereocenters. The minimum Gasteiger partial charge on any atom is -0.453 e. The Hall–Kier alpha value is -3.45. The lowest BCUT2D eigenvalue weighted by molar-refractivity contribution is -0.0266. The first-order chi connectivity index (χ1) is 14.7. The molecule has 4 heterocycles. The van der Waals surface area contributed by atoms with Crippen LogP contribution in [0.4, 0.5) is 4.79 Å². The fourth-order valence-electron chi connectivity index (χ4n) is 3.98. The molecular formula is C20H20N6O4. The van der Waals surface area contributed by atoms with E-state index < -0.39 is 0 Å². The van der Waals surface area contributed by atoms with Gasteiger partial charge in [0.05, 0.1) is 49.7 Å². The molecular weight excluding hydrogens is 388 g/mol. The molecule has 1 amide bonds. The molecule has 0 radical (unpaired) electrons. The first-order valence-electron chi connectivity index (χ1n) is 9.84. The van der Waals surface area contributed by atoms with Gasteiger partial charge in [0.15, 0.2) is 5.82 Å². The van der Waals surface area contributed by atoms with E-state index in [0.717, 1.165) is 23.7 Å². The molecule has 0 N–H and O–H groups in total. The number of carbonyl (C=O) groups excluding carboxylic acids is 1. The zero-order valence-electron chi connectivity index (χ0n) is 16.4. The van der Waals surface area contributed by atoms with Crippen molar-refractivity contribution in [3.8, 4) is 17.5 Å². The SMILES string of the molecule is COC(=O)N1CCC(c2noc(-c3cc(C#N)c4cnn(C5COC5)c4c3)n2)CC1. The molecule has 0 spiro atoms. The monoisotopic (exact) mass is 408 g/mol. The third-order valence-electron chi connectivity index (χ3n) is 5.78. The summed E-state index contributed by atoms with van der Waals surface area (Å²) in [6.07, 6.45) is 2.88. The maximum Gasteiger partial charge on any atom is 0.409 e. The van der Waals surface area contributed by atoms with Gasteiger partial charge in [-0.15, -0.1) is 0 Å². The smallest absolute Gasteiger partial charge is 0.409 e. The lowest BCUT2D eigenvalue weighted by atomic mass is 9.96. The number of likely N-dealkylation sites (tertiary alicyclic amines) is 1. The number of hydrogen-bond donors (Lipinski definition) is 0. The number of methoxy groups -OCH3 is 1. The molecule has 0 saturated carbocycles. The molecule has 10 heteroatoms. The summed E-state index contributed by atoms with van der Waals surface area (Å²) in [7, 11) is 1.39. The third-order valence-corrected chi connectivity index (χ3v) is 5.78. The first kappa shape index (κ1) is 18.6. The van der Waals surface area contributed by atoms with E-state index in [9.17, 15) is 10.1 Å². The van der Waals surface area contributed by atoms with Crippen LogP contribution in [0.3, 0.4) is 0 Å². The van der Waals surface area contributed by atoms with Gasteiger partial charge in [-0.05, 0) is 25.0 Å². The zero-order valence-corrected chi connectivity index (χ0v) is 16.4. The molecule has 154 valence electrons. The van der Waals surface area contributed by atoms with E-state index >= 15 is 0 Å². The average Bonchev–Trinajstić information content (AvgIpc) is 3.39. The van der Waals surface area contributed by atoms with Crippen LogP contribution in [0.5, 0.6) is 0 Å². The minimum absolute atomic E-state index is 0.111. The largest absolute Gasteiger partial charge is 0.453 e. The van der Waals surface area contributed by atoms with Crippen LogP contribution in [-0.4, -0.2) is 64.3 Å². The van der Waals surface area contributed by atoms with Crippen molar-refractivity contribution in [3.63, 3.8) is 0 Å². The summed E-state index contributed by atoms with van der Waals surface area (Å²) in [6.45, 7) is 2.40. The normalized spacial score (nSPS) is 17.7. The van der Waals surface area contributed by atoms with E-state index in [0.29, 0.717) is 49.1 Å². The van der Waals surface area contributed by atoms with Gasteiger partial charge in [-0.2, -0.15) is 15.3 Å². The summed E-state index contributed by atoms with van der Waals surface area (Å²) in [5, 5.41) is 19.0. The summed E-state index contributed by atoms with van der Waals surface area (Å²) < 4.78 is 17.5. The van der Waals surface area contributed by atoms with E-state index in [4.69, 9.17) is 14.0 Å². The Balaban J connectivity index is 1.42. The van der Waals surface area contributed by atoms with Crippen LogP contribution in [0.1, 0.15) is 36.2 Å². The second-order valence-corrected chi connectivity index (χ2v) is 7.54. The number of ether oxygens (including phenoxy) is 2. The van der Waals surface area contributed by atoms with Crippen molar-refractivity contribution in [3.05, 3.63) is 29.7 Å². The highest BCUT2D eigenvalue weighted by atomic mass is 16.5. The minimum atomic E-state index is -0.312. The predicted molar refractivity (Wildman–Crippen MR) is 104 cm³/mol. The van der Waals surface area contributed by atoms with Gasteiger partial charge < -0.3 is 18.9 Å². The van der Waals surface area contributed by atoms with Crippen LogP contribution in [0.2, 0.25) is 0 Å². The summed E-state index contributed by atoms with van der Waals surface area (Å²) in [6, 6.07) is 6.09. The number of rotatable bonds is 3. The highest BCUT2D eigenvalue weighted by molar-refractivity contribution is 5.88. The lowest BCUT2D eigenvalue weighted by Gasteiger charge is -2.29. The van der Waals surface area contributed by atoms with Gasteiger partial charge in [-0.1, -0.05) is 5.16 Å². The topological polar surface area (TPSA) is 119 Å². The molecule has 2 aliphatic heterocycles. The van der Waals surface area contributed by atoms with Crippen LogP contribution in [0.25, 0.3) is 22.4 Å². The van der Waals surface area contributed by atoms with E-state index in [1.54, 1.807) is 17.2 Å². The van der Waals surface area contributed by atoms with Gasteiger partial charge in [0, 0.05) is 30.0 Å². The second-order valence-electron chi connectivity index (χ2n) is 7.54. The fraction of sp³-hybridized carbons (Fsp3) is 0.450. The molecule has 3 aromatic rings. The van der Waals surface area contributed by atoms with Crippen molar-refractivity contribution in [2.24, 2.45) is 0 Å². The number of carbonyl (C=O) groups is 1. The standard InChI is InChI=1S/C20H20N6O4/c1-28-20(27)25-4-2-12(3-5-25)18-23-19(30-24-18)13-6-14(8-21)16-9-22-26(17(16)7-13)15-10-29-11-15/h6-7,9,12,15H,2-5,10-11H2,1H3. The van der Waals surface area contributed by atoms with Crippen molar-refractivity contribution in [1.29, 1.82) is 5.26 Å². The maximum atomic E-state index is 11.7. The zero-order chi connectivity index (χ0) is 20.7. The highest BCUT2D eigenvalue weighted by Gasteiger charge is 2.28. The maximum absolute atomic E-state index is 11.7. The lowest BCUT2D eigenvalue weighted by Crippen LogP contribution is -2.37. The van der Waals surface area contributed by atoms with E-state index in [1.807, 2.05) is 10.7 Å².